The fourth-order valence-electron chi connectivity index (χ4n) is 2.79. The number of nitrogens with zero attached hydrogens (tertiary/aromatic N) is 4. The summed E-state index contributed by atoms with van der Waals surface area (Å²) in [6.07, 6.45) is 7.75. The molecule has 0 aliphatic heterocycles. The average molecular weight is 322 g/mol. The average Bonchev–Trinajstić information content (AvgIpc) is 3.38. The first-order valence-corrected chi connectivity index (χ1v) is 8.35. The van der Waals surface area contributed by atoms with Crippen LogP contribution in [0.2, 0.25) is 0 Å². The highest BCUT2D eigenvalue weighted by atomic mass is 19.1. The molecule has 0 N–H and O–H groups in total. The van der Waals surface area contributed by atoms with E-state index in [1.807, 2.05) is 29.2 Å². The van der Waals surface area contributed by atoms with Crippen molar-refractivity contribution in [2.75, 3.05) is 0 Å². The molecule has 0 radical (unpaired) electrons. The topological polar surface area (TPSA) is 43.6 Å². The number of rotatable bonds is 6. The van der Waals surface area contributed by atoms with Gasteiger partial charge in [0.1, 0.15) is 11.6 Å². The summed E-state index contributed by atoms with van der Waals surface area (Å²) in [5.41, 5.74) is 2.28. The Hall–Kier alpha value is -2.56. The van der Waals surface area contributed by atoms with Crippen LogP contribution in [0.1, 0.15) is 41.5 Å². The third-order valence-electron chi connectivity index (χ3n) is 4.34. The molecule has 0 unspecified atom stereocenters. The largest absolute Gasteiger partial charge is 0.265 e. The van der Waals surface area contributed by atoms with Gasteiger partial charge in [-0.3, -0.25) is 4.98 Å². The van der Waals surface area contributed by atoms with Crippen LogP contribution in [-0.2, 0) is 19.4 Å². The Morgan fingerprint density at radius 3 is 2.42 bits per heavy atom. The number of aryl methyl sites for hydroxylation is 2. The van der Waals surface area contributed by atoms with Crippen LogP contribution in [0.5, 0.6) is 0 Å². The van der Waals surface area contributed by atoms with Gasteiger partial charge in [-0.25, -0.2) is 14.1 Å². The van der Waals surface area contributed by atoms with Crippen LogP contribution in [0.4, 0.5) is 4.39 Å². The Kier molecular flexibility index (Phi) is 4.07. The van der Waals surface area contributed by atoms with E-state index in [9.17, 15) is 4.39 Å². The highest BCUT2D eigenvalue weighted by Crippen LogP contribution is 2.38. The number of hydrogen-bond donors (Lipinski definition) is 0. The van der Waals surface area contributed by atoms with Gasteiger partial charge in [-0.05, 0) is 54.7 Å². The van der Waals surface area contributed by atoms with Gasteiger partial charge >= 0.3 is 0 Å². The summed E-state index contributed by atoms with van der Waals surface area (Å²) in [6.45, 7) is 0.631. The van der Waals surface area contributed by atoms with Crippen molar-refractivity contribution < 1.29 is 4.39 Å². The van der Waals surface area contributed by atoms with Crippen molar-refractivity contribution in [3.05, 3.63) is 77.4 Å². The molecule has 3 aromatic rings. The van der Waals surface area contributed by atoms with Crippen LogP contribution in [0, 0.1) is 5.82 Å². The van der Waals surface area contributed by atoms with E-state index in [1.54, 1.807) is 12.1 Å². The van der Waals surface area contributed by atoms with E-state index in [0.29, 0.717) is 12.5 Å². The zero-order valence-corrected chi connectivity index (χ0v) is 13.4. The molecule has 122 valence electrons. The van der Waals surface area contributed by atoms with Gasteiger partial charge in [0, 0.05) is 24.7 Å². The molecule has 1 aliphatic carbocycles. The molecule has 0 spiro atoms. The Balaban J connectivity index is 1.54. The summed E-state index contributed by atoms with van der Waals surface area (Å²) in [5.74, 6) is 2.27. The molecule has 2 heterocycles. The molecular weight excluding hydrogens is 303 g/mol. The molecule has 2 aromatic heterocycles. The number of aromatic nitrogens is 4. The van der Waals surface area contributed by atoms with Crippen molar-refractivity contribution in [3.63, 3.8) is 0 Å². The highest BCUT2D eigenvalue weighted by Gasteiger charge is 2.28. The second-order valence-electron chi connectivity index (χ2n) is 6.30. The van der Waals surface area contributed by atoms with Crippen molar-refractivity contribution in [3.8, 4) is 0 Å². The van der Waals surface area contributed by atoms with Crippen molar-refractivity contribution in [1.82, 2.24) is 19.7 Å². The lowest BCUT2D eigenvalue weighted by molar-refractivity contribution is 0.615. The normalized spacial score (nSPS) is 14.0. The first-order valence-electron chi connectivity index (χ1n) is 8.35. The van der Waals surface area contributed by atoms with Gasteiger partial charge in [0.15, 0.2) is 5.82 Å². The first-order chi connectivity index (χ1) is 11.8. The second kappa shape index (κ2) is 6.51. The quantitative estimate of drug-likeness (QED) is 0.697. The maximum absolute atomic E-state index is 13.1. The zero-order valence-electron chi connectivity index (χ0n) is 13.4. The Morgan fingerprint density at radius 2 is 1.71 bits per heavy atom. The lowest BCUT2D eigenvalue weighted by Gasteiger charge is -2.06. The van der Waals surface area contributed by atoms with Crippen LogP contribution in [-0.4, -0.2) is 19.7 Å². The van der Waals surface area contributed by atoms with Crippen LogP contribution >= 0.6 is 0 Å². The van der Waals surface area contributed by atoms with Gasteiger partial charge < -0.3 is 0 Å². The maximum atomic E-state index is 13.1. The monoisotopic (exact) mass is 322 g/mol. The Labute approximate surface area is 140 Å². The lowest BCUT2D eigenvalue weighted by Crippen LogP contribution is -2.08. The number of halogens is 1. The van der Waals surface area contributed by atoms with E-state index in [4.69, 9.17) is 10.1 Å². The minimum Gasteiger partial charge on any atom is -0.265 e. The number of hydrogen-bond acceptors (Lipinski definition) is 3. The maximum Gasteiger partial charge on any atom is 0.154 e. The minimum absolute atomic E-state index is 0.214. The molecular formula is C19H19FN4. The van der Waals surface area contributed by atoms with Crippen LogP contribution in [0.3, 0.4) is 0 Å². The summed E-state index contributed by atoms with van der Waals surface area (Å²) in [6, 6.07) is 10.7. The number of benzene rings is 1. The summed E-state index contributed by atoms with van der Waals surface area (Å²) in [4.78, 5) is 8.82. The van der Waals surface area contributed by atoms with Gasteiger partial charge in [0.25, 0.3) is 0 Å². The fraction of sp³-hybridized carbons (Fsp3) is 0.316. The van der Waals surface area contributed by atoms with Gasteiger partial charge in [-0.2, -0.15) is 5.10 Å². The molecule has 1 fully saturated rings. The number of pyridine rings is 1. The second-order valence-corrected chi connectivity index (χ2v) is 6.30. The standard InChI is InChI=1S/C19H19FN4/c20-17-6-1-15(2-7-17)13-24-18(22-19(23-24)16-4-5-16)8-3-14-9-11-21-12-10-14/h1-2,6-7,9-12,16H,3-5,8,13H2. The third kappa shape index (κ3) is 3.50. The highest BCUT2D eigenvalue weighted by molar-refractivity contribution is 5.18. The van der Waals surface area contributed by atoms with Crippen molar-refractivity contribution in [2.45, 2.75) is 38.1 Å². The molecule has 24 heavy (non-hydrogen) atoms. The molecule has 4 nitrogen and oxygen atoms in total. The summed E-state index contributed by atoms with van der Waals surface area (Å²) >= 11 is 0. The van der Waals surface area contributed by atoms with E-state index in [1.165, 1.54) is 30.5 Å². The smallest absolute Gasteiger partial charge is 0.154 e. The van der Waals surface area contributed by atoms with Crippen LogP contribution < -0.4 is 0 Å². The lowest BCUT2D eigenvalue weighted by atomic mass is 10.1. The van der Waals surface area contributed by atoms with Crippen LogP contribution in [0.25, 0.3) is 0 Å². The third-order valence-corrected chi connectivity index (χ3v) is 4.34. The van der Waals surface area contributed by atoms with E-state index >= 15 is 0 Å². The van der Waals surface area contributed by atoms with Crippen molar-refractivity contribution in [1.29, 1.82) is 0 Å². The molecule has 0 amide bonds. The summed E-state index contributed by atoms with van der Waals surface area (Å²) < 4.78 is 15.1. The minimum atomic E-state index is -0.214. The molecule has 5 heteroatoms. The van der Waals surface area contributed by atoms with Gasteiger partial charge in [-0.1, -0.05) is 12.1 Å². The van der Waals surface area contributed by atoms with Gasteiger partial charge in [0.05, 0.1) is 6.54 Å². The molecule has 0 bridgehead atoms. The molecule has 1 saturated carbocycles. The summed E-state index contributed by atoms with van der Waals surface area (Å²) in [5, 5.41) is 4.70. The molecule has 0 saturated heterocycles. The van der Waals surface area contributed by atoms with Crippen molar-refractivity contribution in [2.24, 2.45) is 0 Å². The molecule has 1 aliphatic rings. The Bertz CT molecular complexity index is 807. The SMILES string of the molecule is Fc1ccc(Cn2nc(C3CC3)nc2CCc2ccncc2)cc1. The van der Waals surface area contributed by atoms with Gasteiger partial charge in [-0.15, -0.1) is 0 Å². The Morgan fingerprint density at radius 1 is 0.958 bits per heavy atom. The van der Waals surface area contributed by atoms with E-state index in [0.717, 1.165) is 30.1 Å². The van der Waals surface area contributed by atoms with E-state index < -0.39 is 0 Å². The van der Waals surface area contributed by atoms with Crippen LogP contribution in [0.15, 0.2) is 48.8 Å². The first kappa shape index (κ1) is 15.0. The van der Waals surface area contributed by atoms with Crippen molar-refractivity contribution >= 4 is 0 Å². The summed E-state index contributed by atoms with van der Waals surface area (Å²) in [7, 11) is 0. The molecule has 4 rings (SSSR count). The predicted molar refractivity (Wildman–Crippen MR) is 89.1 cm³/mol. The predicted octanol–water partition coefficient (Wildman–Crippen LogP) is 3.52. The van der Waals surface area contributed by atoms with Gasteiger partial charge in [0.2, 0.25) is 0 Å². The molecule has 0 atom stereocenters. The molecule has 1 aromatic carbocycles. The van der Waals surface area contributed by atoms with E-state index in [-0.39, 0.29) is 5.82 Å². The zero-order chi connectivity index (χ0) is 16.4. The van der Waals surface area contributed by atoms with E-state index in [2.05, 4.69) is 4.98 Å². The fourth-order valence-corrected chi connectivity index (χ4v) is 2.79.